The van der Waals surface area contributed by atoms with Gasteiger partial charge in [-0.15, -0.1) is 0 Å². The molecule has 0 heterocycles. The number of hydrogen-bond donors (Lipinski definition) is 3. The summed E-state index contributed by atoms with van der Waals surface area (Å²) in [5.74, 6) is -0.780. The van der Waals surface area contributed by atoms with Gasteiger partial charge in [-0.25, -0.2) is 4.39 Å². The maximum absolute atomic E-state index is 13.3. The Bertz CT molecular complexity index is 726. The Hall–Kier alpha value is -2.94. The number of aliphatic hydroxyl groups excluding tert-OH is 1. The minimum atomic E-state index is -2.92. The topological polar surface area (TPSA) is 79.8 Å². The maximum Gasteiger partial charge on any atom is 0.387 e. The van der Waals surface area contributed by atoms with Crippen molar-refractivity contribution in [3.05, 3.63) is 48.3 Å². The zero-order valence-corrected chi connectivity index (χ0v) is 13.5. The van der Waals surface area contributed by atoms with Crippen LogP contribution in [0, 0.1) is 5.82 Å². The van der Waals surface area contributed by atoms with E-state index in [1.165, 1.54) is 36.4 Å². The number of nitrogens with one attached hydrogen (secondary N) is 2. The van der Waals surface area contributed by atoms with Crippen molar-refractivity contribution in [1.29, 1.82) is 0 Å². The number of carbonyl (C=O) groups excluding carboxylic acids is 1. The Morgan fingerprint density at radius 2 is 1.88 bits per heavy atom. The minimum Gasteiger partial charge on any atom is -0.489 e. The molecule has 0 saturated heterocycles. The summed E-state index contributed by atoms with van der Waals surface area (Å²) < 4.78 is 46.8. The van der Waals surface area contributed by atoms with Gasteiger partial charge >= 0.3 is 6.61 Å². The molecule has 0 aliphatic rings. The fourth-order valence-corrected chi connectivity index (χ4v) is 2.02. The van der Waals surface area contributed by atoms with Gasteiger partial charge in [0, 0.05) is 11.8 Å². The van der Waals surface area contributed by atoms with E-state index in [1.54, 1.807) is 0 Å². The number of carbonyl (C=O) groups is 1. The normalized spacial score (nSPS) is 10.5. The van der Waals surface area contributed by atoms with Crippen molar-refractivity contribution in [2.45, 2.75) is 6.61 Å². The number of halogens is 3. The van der Waals surface area contributed by atoms with E-state index in [2.05, 4.69) is 15.4 Å². The van der Waals surface area contributed by atoms with Gasteiger partial charge in [0.25, 0.3) is 0 Å². The quantitative estimate of drug-likeness (QED) is 0.633. The van der Waals surface area contributed by atoms with E-state index in [9.17, 15) is 18.0 Å². The van der Waals surface area contributed by atoms with E-state index in [0.717, 1.165) is 6.07 Å². The third-order valence-electron chi connectivity index (χ3n) is 3.10. The summed E-state index contributed by atoms with van der Waals surface area (Å²) in [5, 5.41) is 14.1. The molecule has 0 fully saturated rings. The van der Waals surface area contributed by atoms with Crippen molar-refractivity contribution in [2.24, 2.45) is 0 Å². The second-order valence-electron chi connectivity index (χ2n) is 5.02. The monoisotopic (exact) mass is 370 g/mol. The van der Waals surface area contributed by atoms with Crippen molar-refractivity contribution >= 4 is 17.3 Å². The lowest BCUT2D eigenvalue weighted by atomic mass is 10.2. The second kappa shape index (κ2) is 9.52. The first-order chi connectivity index (χ1) is 12.5. The SMILES string of the molecule is O=C(CNc1ccc(F)cc1OCCO)Nc1ccc(OC(F)F)cc1. The molecule has 0 bridgehead atoms. The molecule has 0 atom stereocenters. The Labute approximate surface area is 147 Å². The first-order valence-corrected chi connectivity index (χ1v) is 7.59. The van der Waals surface area contributed by atoms with Gasteiger partial charge in [0.05, 0.1) is 18.8 Å². The van der Waals surface area contributed by atoms with Gasteiger partial charge in [-0.2, -0.15) is 8.78 Å². The Kier molecular flexibility index (Phi) is 7.10. The number of anilines is 2. The van der Waals surface area contributed by atoms with E-state index in [0.29, 0.717) is 11.4 Å². The highest BCUT2D eigenvalue weighted by Gasteiger charge is 2.09. The van der Waals surface area contributed by atoms with Crippen LogP contribution >= 0.6 is 0 Å². The Balaban J connectivity index is 1.90. The number of benzene rings is 2. The summed E-state index contributed by atoms with van der Waals surface area (Å²) in [6.45, 7) is -3.31. The van der Waals surface area contributed by atoms with Crippen LogP contribution in [-0.2, 0) is 4.79 Å². The van der Waals surface area contributed by atoms with Crippen molar-refractivity contribution in [2.75, 3.05) is 30.4 Å². The predicted octanol–water partition coefficient (Wildman–Crippen LogP) is 2.85. The van der Waals surface area contributed by atoms with Crippen LogP contribution in [-0.4, -0.2) is 37.4 Å². The van der Waals surface area contributed by atoms with E-state index >= 15 is 0 Å². The average Bonchev–Trinajstić information content (AvgIpc) is 2.60. The van der Waals surface area contributed by atoms with Gasteiger partial charge in [0.2, 0.25) is 5.91 Å². The van der Waals surface area contributed by atoms with Gasteiger partial charge in [-0.1, -0.05) is 0 Å². The molecule has 140 valence electrons. The fraction of sp³-hybridized carbons (Fsp3) is 0.235. The molecule has 0 unspecified atom stereocenters. The number of ether oxygens (including phenoxy) is 2. The lowest BCUT2D eigenvalue weighted by Gasteiger charge is -2.13. The molecule has 2 aromatic rings. The maximum atomic E-state index is 13.3. The van der Waals surface area contributed by atoms with Crippen LogP contribution < -0.4 is 20.1 Å². The van der Waals surface area contributed by atoms with Gasteiger partial charge in [0.15, 0.2) is 0 Å². The van der Waals surface area contributed by atoms with Crippen molar-refractivity contribution in [3.63, 3.8) is 0 Å². The zero-order valence-electron chi connectivity index (χ0n) is 13.5. The number of hydrogen-bond acceptors (Lipinski definition) is 5. The minimum absolute atomic E-state index is 0.0165. The summed E-state index contributed by atoms with van der Waals surface area (Å²) in [6, 6.07) is 9.19. The second-order valence-corrected chi connectivity index (χ2v) is 5.02. The largest absolute Gasteiger partial charge is 0.489 e. The van der Waals surface area contributed by atoms with E-state index in [-0.39, 0.29) is 31.3 Å². The zero-order chi connectivity index (χ0) is 18.9. The molecule has 0 aromatic heterocycles. The highest BCUT2D eigenvalue weighted by atomic mass is 19.3. The lowest BCUT2D eigenvalue weighted by Crippen LogP contribution is -2.22. The standard InChI is InChI=1S/C17H17F3N2O4/c18-11-1-6-14(15(9-11)25-8-7-23)21-10-16(24)22-12-2-4-13(5-3-12)26-17(19)20/h1-6,9,17,21,23H,7-8,10H2,(H,22,24). The Morgan fingerprint density at radius 1 is 1.15 bits per heavy atom. The average molecular weight is 370 g/mol. The van der Waals surface area contributed by atoms with Crippen molar-refractivity contribution < 1.29 is 32.5 Å². The molecule has 26 heavy (non-hydrogen) atoms. The van der Waals surface area contributed by atoms with Gasteiger partial charge in [-0.05, 0) is 36.4 Å². The summed E-state index contributed by atoms with van der Waals surface area (Å²) >= 11 is 0. The molecule has 0 spiro atoms. The molecular weight excluding hydrogens is 353 g/mol. The summed E-state index contributed by atoms with van der Waals surface area (Å²) in [5.41, 5.74) is 0.782. The summed E-state index contributed by atoms with van der Waals surface area (Å²) in [7, 11) is 0. The molecule has 0 aliphatic carbocycles. The molecule has 9 heteroatoms. The van der Waals surface area contributed by atoms with Gasteiger partial charge in [0.1, 0.15) is 23.9 Å². The smallest absolute Gasteiger partial charge is 0.387 e. The van der Waals surface area contributed by atoms with Crippen LogP contribution in [0.15, 0.2) is 42.5 Å². The number of amides is 1. The molecule has 2 aromatic carbocycles. The Morgan fingerprint density at radius 3 is 2.54 bits per heavy atom. The number of alkyl halides is 2. The first kappa shape index (κ1) is 19.4. The summed E-state index contributed by atoms with van der Waals surface area (Å²) in [6.07, 6.45) is 0. The predicted molar refractivity (Wildman–Crippen MR) is 89.2 cm³/mol. The number of rotatable bonds is 9. The van der Waals surface area contributed by atoms with Crippen LogP contribution in [0.5, 0.6) is 11.5 Å². The number of aliphatic hydroxyl groups is 1. The van der Waals surface area contributed by atoms with Crippen LogP contribution in [0.25, 0.3) is 0 Å². The third-order valence-corrected chi connectivity index (χ3v) is 3.10. The highest BCUT2D eigenvalue weighted by molar-refractivity contribution is 5.94. The van der Waals surface area contributed by atoms with Crippen LogP contribution in [0.2, 0.25) is 0 Å². The molecule has 0 saturated carbocycles. The fourth-order valence-electron chi connectivity index (χ4n) is 2.02. The van der Waals surface area contributed by atoms with Crippen LogP contribution in [0.3, 0.4) is 0 Å². The van der Waals surface area contributed by atoms with E-state index < -0.39 is 18.3 Å². The summed E-state index contributed by atoms with van der Waals surface area (Å²) in [4.78, 5) is 12.0. The van der Waals surface area contributed by atoms with Gasteiger partial charge in [-0.3, -0.25) is 4.79 Å². The molecule has 0 aliphatic heterocycles. The highest BCUT2D eigenvalue weighted by Crippen LogP contribution is 2.25. The van der Waals surface area contributed by atoms with E-state index in [4.69, 9.17) is 9.84 Å². The molecule has 2 rings (SSSR count). The first-order valence-electron chi connectivity index (χ1n) is 7.59. The molecule has 0 radical (unpaired) electrons. The molecule has 3 N–H and O–H groups in total. The van der Waals surface area contributed by atoms with Crippen molar-refractivity contribution in [3.8, 4) is 11.5 Å². The van der Waals surface area contributed by atoms with Crippen molar-refractivity contribution in [1.82, 2.24) is 0 Å². The molecular formula is C17H17F3N2O4. The molecule has 6 nitrogen and oxygen atoms in total. The lowest BCUT2D eigenvalue weighted by molar-refractivity contribution is -0.114. The third kappa shape index (κ3) is 6.17. The van der Waals surface area contributed by atoms with Gasteiger partial charge < -0.3 is 25.2 Å². The van der Waals surface area contributed by atoms with Crippen LogP contribution in [0.4, 0.5) is 24.5 Å². The molecule has 1 amide bonds. The van der Waals surface area contributed by atoms with E-state index in [1.807, 2.05) is 0 Å². The van der Waals surface area contributed by atoms with Crippen LogP contribution in [0.1, 0.15) is 0 Å².